The lowest BCUT2D eigenvalue weighted by Crippen LogP contribution is -2.32. The van der Waals surface area contributed by atoms with Gasteiger partial charge in [-0.15, -0.1) is 0 Å². The summed E-state index contributed by atoms with van der Waals surface area (Å²) in [5.41, 5.74) is 5.70. The fraction of sp³-hybridized carbons (Fsp3) is 0.769. The van der Waals surface area contributed by atoms with Gasteiger partial charge in [0.15, 0.2) is 5.82 Å². The summed E-state index contributed by atoms with van der Waals surface area (Å²) in [6.45, 7) is 3.01. The zero-order valence-corrected chi connectivity index (χ0v) is 13.1. The van der Waals surface area contributed by atoms with E-state index in [1.807, 2.05) is 6.92 Å². The number of hydrogen-bond acceptors (Lipinski definition) is 5. The summed E-state index contributed by atoms with van der Waals surface area (Å²) in [6, 6.07) is 0. The molecule has 1 aliphatic carbocycles. The molecule has 1 fully saturated rings. The van der Waals surface area contributed by atoms with Gasteiger partial charge in [0.2, 0.25) is 10.0 Å². The van der Waals surface area contributed by atoms with Crippen molar-refractivity contribution < 1.29 is 13.5 Å². The number of aliphatic hydroxyl groups is 1. The van der Waals surface area contributed by atoms with Crippen LogP contribution in [0, 0.1) is 5.92 Å². The molecule has 8 heteroatoms. The van der Waals surface area contributed by atoms with Gasteiger partial charge < -0.3 is 10.8 Å². The minimum Gasteiger partial charge on any atom is -0.393 e. The van der Waals surface area contributed by atoms with Crippen LogP contribution >= 0.6 is 0 Å². The molecular weight excluding hydrogens is 292 g/mol. The Labute approximate surface area is 125 Å². The zero-order valence-electron chi connectivity index (χ0n) is 12.3. The zero-order chi connectivity index (χ0) is 15.5. The molecule has 21 heavy (non-hydrogen) atoms. The molecule has 1 heterocycles. The molecule has 0 aromatic carbocycles. The van der Waals surface area contributed by atoms with E-state index >= 15 is 0 Å². The standard InChI is InChI=1S/C13H24N4O3S/c1-2-7-17-9-12(13(14)16-17)21(19,20)15-8-10-3-5-11(18)6-4-10/h9-11,15,18H,2-8H2,1H3,(H2,14,16). The van der Waals surface area contributed by atoms with E-state index in [9.17, 15) is 13.5 Å². The number of aliphatic hydroxyl groups excluding tert-OH is 1. The Kier molecular flexibility index (Phi) is 5.23. The van der Waals surface area contributed by atoms with E-state index in [1.165, 1.54) is 6.20 Å². The average molecular weight is 316 g/mol. The molecule has 0 unspecified atom stereocenters. The quantitative estimate of drug-likeness (QED) is 0.715. The highest BCUT2D eigenvalue weighted by molar-refractivity contribution is 7.89. The third-order valence-corrected chi connectivity index (χ3v) is 5.32. The fourth-order valence-electron chi connectivity index (χ4n) is 2.62. The number of nitrogens with zero attached hydrogens (tertiary/aromatic N) is 2. The number of hydrogen-bond donors (Lipinski definition) is 3. The number of anilines is 1. The molecule has 4 N–H and O–H groups in total. The van der Waals surface area contributed by atoms with E-state index in [2.05, 4.69) is 9.82 Å². The minimum atomic E-state index is -3.62. The third-order valence-electron chi connectivity index (χ3n) is 3.88. The van der Waals surface area contributed by atoms with Gasteiger partial charge in [0.25, 0.3) is 0 Å². The van der Waals surface area contributed by atoms with Gasteiger partial charge in [-0.3, -0.25) is 4.68 Å². The second-order valence-corrected chi connectivity index (χ2v) is 7.40. The summed E-state index contributed by atoms with van der Waals surface area (Å²) >= 11 is 0. The molecule has 1 aromatic heterocycles. The highest BCUT2D eigenvalue weighted by atomic mass is 32.2. The Hall–Kier alpha value is -1.12. The number of nitrogen functional groups attached to an aromatic ring is 1. The maximum atomic E-state index is 12.3. The lowest BCUT2D eigenvalue weighted by atomic mass is 9.88. The summed E-state index contributed by atoms with van der Waals surface area (Å²) in [6.07, 6.45) is 5.26. The Balaban J connectivity index is 1.98. The Bertz CT molecular complexity index is 562. The first-order valence-electron chi connectivity index (χ1n) is 7.43. The maximum absolute atomic E-state index is 12.3. The largest absolute Gasteiger partial charge is 0.393 e. The van der Waals surface area contributed by atoms with Crippen molar-refractivity contribution in [3.05, 3.63) is 6.20 Å². The van der Waals surface area contributed by atoms with Crippen LogP contribution in [-0.4, -0.2) is 36.0 Å². The monoisotopic (exact) mass is 316 g/mol. The molecule has 0 saturated heterocycles. The average Bonchev–Trinajstić information content (AvgIpc) is 2.80. The number of rotatable bonds is 6. The fourth-order valence-corrected chi connectivity index (χ4v) is 3.81. The van der Waals surface area contributed by atoms with Crippen molar-refractivity contribution >= 4 is 15.8 Å². The molecule has 120 valence electrons. The maximum Gasteiger partial charge on any atom is 0.245 e. The van der Waals surface area contributed by atoms with Gasteiger partial charge in [-0.25, -0.2) is 13.1 Å². The Morgan fingerprint density at radius 3 is 2.71 bits per heavy atom. The molecule has 0 atom stereocenters. The second kappa shape index (κ2) is 6.76. The van der Waals surface area contributed by atoms with Crippen LogP contribution in [0.4, 0.5) is 5.82 Å². The van der Waals surface area contributed by atoms with E-state index in [4.69, 9.17) is 5.73 Å². The van der Waals surface area contributed by atoms with Crippen molar-refractivity contribution in [2.75, 3.05) is 12.3 Å². The van der Waals surface area contributed by atoms with Crippen LogP contribution in [0.25, 0.3) is 0 Å². The molecule has 1 saturated carbocycles. The van der Waals surface area contributed by atoms with E-state index in [0.717, 1.165) is 32.1 Å². The highest BCUT2D eigenvalue weighted by Gasteiger charge is 2.24. The number of aryl methyl sites for hydroxylation is 1. The first-order valence-corrected chi connectivity index (χ1v) is 8.91. The van der Waals surface area contributed by atoms with Crippen LogP contribution in [0.15, 0.2) is 11.1 Å². The number of nitrogens with two attached hydrogens (primary N) is 1. The first-order chi connectivity index (χ1) is 9.92. The molecule has 0 bridgehead atoms. The van der Waals surface area contributed by atoms with E-state index in [1.54, 1.807) is 4.68 Å². The number of sulfonamides is 1. The Morgan fingerprint density at radius 2 is 2.10 bits per heavy atom. The van der Waals surface area contributed by atoms with Crippen molar-refractivity contribution in [2.24, 2.45) is 5.92 Å². The van der Waals surface area contributed by atoms with Gasteiger partial charge >= 0.3 is 0 Å². The lowest BCUT2D eigenvalue weighted by Gasteiger charge is -2.25. The summed E-state index contributed by atoms with van der Waals surface area (Å²) in [7, 11) is -3.62. The Morgan fingerprint density at radius 1 is 1.43 bits per heavy atom. The van der Waals surface area contributed by atoms with Gasteiger partial charge in [0.1, 0.15) is 4.90 Å². The molecule has 0 spiro atoms. The van der Waals surface area contributed by atoms with Crippen LogP contribution in [0.1, 0.15) is 39.0 Å². The van der Waals surface area contributed by atoms with Crippen LogP contribution in [0.3, 0.4) is 0 Å². The van der Waals surface area contributed by atoms with Crippen molar-refractivity contribution in [1.29, 1.82) is 0 Å². The molecule has 0 amide bonds. The van der Waals surface area contributed by atoms with E-state index < -0.39 is 10.0 Å². The van der Waals surface area contributed by atoms with Gasteiger partial charge in [-0.2, -0.15) is 5.10 Å². The predicted octanol–water partition coefficient (Wildman–Crippen LogP) is 0.705. The topological polar surface area (TPSA) is 110 Å². The van der Waals surface area contributed by atoms with Crippen molar-refractivity contribution in [1.82, 2.24) is 14.5 Å². The molecule has 2 rings (SSSR count). The van der Waals surface area contributed by atoms with Crippen molar-refractivity contribution in [3.8, 4) is 0 Å². The molecule has 7 nitrogen and oxygen atoms in total. The SMILES string of the molecule is CCCn1cc(S(=O)(=O)NCC2CCC(O)CC2)c(N)n1. The van der Waals surface area contributed by atoms with Crippen LogP contribution in [0.5, 0.6) is 0 Å². The van der Waals surface area contributed by atoms with Gasteiger partial charge in [-0.1, -0.05) is 6.92 Å². The molecular formula is C13H24N4O3S. The van der Waals surface area contributed by atoms with Crippen LogP contribution in [0.2, 0.25) is 0 Å². The number of aromatic nitrogens is 2. The predicted molar refractivity (Wildman–Crippen MR) is 80.1 cm³/mol. The minimum absolute atomic E-state index is 0.0371. The lowest BCUT2D eigenvalue weighted by molar-refractivity contribution is 0.109. The smallest absolute Gasteiger partial charge is 0.245 e. The summed E-state index contributed by atoms with van der Waals surface area (Å²) in [5.74, 6) is 0.310. The summed E-state index contributed by atoms with van der Waals surface area (Å²) in [4.78, 5) is 0.0480. The van der Waals surface area contributed by atoms with E-state index in [-0.39, 0.29) is 22.7 Å². The van der Waals surface area contributed by atoms with Crippen molar-refractivity contribution in [2.45, 2.75) is 56.6 Å². The van der Waals surface area contributed by atoms with Gasteiger partial charge in [-0.05, 0) is 38.0 Å². The molecule has 1 aliphatic rings. The van der Waals surface area contributed by atoms with Crippen molar-refractivity contribution in [3.63, 3.8) is 0 Å². The summed E-state index contributed by atoms with van der Waals surface area (Å²) in [5, 5.41) is 13.5. The van der Waals surface area contributed by atoms with E-state index in [0.29, 0.717) is 13.1 Å². The van der Waals surface area contributed by atoms with Crippen LogP contribution in [-0.2, 0) is 16.6 Å². The normalized spacial score (nSPS) is 23.3. The number of nitrogens with one attached hydrogen (secondary N) is 1. The molecule has 0 radical (unpaired) electrons. The van der Waals surface area contributed by atoms with Gasteiger partial charge in [0.05, 0.1) is 6.10 Å². The summed E-state index contributed by atoms with van der Waals surface area (Å²) < 4.78 is 28.7. The second-order valence-electron chi connectivity index (χ2n) is 5.67. The first kappa shape index (κ1) is 16.3. The molecule has 0 aliphatic heterocycles. The van der Waals surface area contributed by atoms with Gasteiger partial charge in [0, 0.05) is 19.3 Å². The highest BCUT2D eigenvalue weighted by Crippen LogP contribution is 2.24. The van der Waals surface area contributed by atoms with Crippen LogP contribution < -0.4 is 10.5 Å². The third kappa shape index (κ3) is 4.18. The molecule has 1 aromatic rings.